The topological polar surface area (TPSA) is 90.1 Å². The van der Waals surface area contributed by atoms with Gasteiger partial charge in [0.2, 0.25) is 5.91 Å². The van der Waals surface area contributed by atoms with Crippen LogP contribution in [0.2, 0.25) is 0 Å². The molecule has 0 saturated heterocycles. The molecule has 2 aromatic heterocycles. The summed E-state index contributed by atoms with van der Waals surface area (Å²) in [4.78, 5) is 16.6. The van der Waals surface area contributed by atoms with E-state index in [2.05, 4.69) is 20.5 Å². The number of nitrogens with one attached hydrogen (secondary N) is 1. The van der Waals surface area contributed by atoms with Gasteiger partial charge in [-0.1, -0.05) is 23.9 Å². The average Bonchev–Trinajstić information content (AvgIpc) is 3.43. The second-order valence-corrected chi connectivity index (χ2v) is 8.69. The first-order valence-corrected chi connectivity index (χ1v) is 11.5. The van der Waals surface area contributed by atoms with Crippen LogP contribution >= 0.6 is 23.1 Å². The molecule has 0 aliphatic heterocycles. The Bertz CT molecular complexity index is 1220. The summed E-state index contributed by atoms with van der Waals surface area (Å²) in [6.07, 6.45) is 0. The zero-order chi connectivity index (χ0) is 22.5. The monoisotopic (exact) mass is 470 g/mol. The van der Waals surface area contributed by atoms with Gasteiger partial charge in [-0.15, -0.1) is 21.5 Å². The van der Waals surface area contributed by atoms with Crippen LogP contribution in [0.15, 0.2) is 57.5 Å². The largest absolute Gasteiger partial charge is 0.484 e. The maximum Gasteiger partial charge on any atom is 0.277 e. The molecule has 4 rings (SSSR count). The van der Waals surface area contributed by atoms with Crippen molar-refractivity contribution in [3.05, 3.63) is 70.7 Å². The number of ether oxygens (including phenoxy) is 1. The zero-order valence-electron chi connectivity index (χ0n) is 17.3. The Hall–Kier alpha value is -3.24. The molecule has 7 nitrogen and oxygen atoms in total. The lowest BCUT2D eigenvalue weighted by molar-refractivity contribution is -0.113. The molecular formula is C22H19FN4O3S2. The van der Waals surface area contributed by atoms with E-state index in [9.17, 15) is 9.18 Å². The van der Waals surface area contributed by atoms with Crippen molar-refractivity contribution in [1.82, 2.24) is 15.2 Å². The average molecular weight is 471 g/mol. The van der Waals surface area contributed by atoms with E-state index in [4.69, 9.17) is 9.15 Å². The second-order valence-electron chi connectivity index (χ2n) is 6.90. The molecule has 0 aliphatic rings. The van der Waals surface area contributed by atoms with E-state index >= 15 is 0 Å². The van der Waals surface area contributed by atoms with Gasteiger partial charge in [-0.05, 0) is 55.3 Å². The van der Waals surface area contributed by atoms with Gasteiger partial charge < -0.3 is 14.5 Å². The molecule has 0 fully saturated rings. The van der Waals surface area contributed by atoms with Gasteiger partial charge in [0.15, 0.2) is 11.7 Å². The summed E-state index contributed by atoms with van der Waals surface area (Å²) >= 11 is 2.42. The fourth-order valence-electron chi connectivity index (χ4n) is 2.72. The molecule has 4 aromatic rings. The van der Waals surface area contributed by atoms with E-state index < -0.39 is 0 Å². The number of carbonyl (C=O) groups excluding carboxylic acids is 1. The predicted octanol–water partition coefficient (Wildman–Crippen LogP) is 5.26. The van der Waals surface area contributed by atoms with Crippen LogP contribution in [0.4, 0.5) is 9.52 Å². The highest BCUT2D eigenvalue weighted by molar-refractivity contribution is 7.99. The molecule has 0 bridgehead atoms. The molecule has 0 aliphatic carbocycles. The summed E-state index contributed by atoms with van der Waals surface area (Å²) in [7, 11) is 0. The number of thiazole rings is 1. The number of carbonyl (C=O) groups is 1. The number of benzene rings is 2. The van der Waals surface area contributed by atoms with Gasteiger partial charge in [0.05, 0.1) is 11.4 Å². The lowest BCUT2D eigenvalue weighted by Crippen LogP contribution is -2.13. The van der Waals surface area contributed by atoms with Crippen LogP contribution in [-0.2, 0) is 11.4 Å². The van der Waals surface area contributed by atoms with Gasteiger partial charge in [0, 0.05) is 10.9 Å². The Morgan fingerprint density at radius 1 is 1.19 bits per heavy atom. The number of aryl methyl sites for hydroxylation is 2. The number of halogens is 1. The summed E-state index contributed by atoms with van der Waals surface area (Å²) in [6, 6.07) is 12.0. The second kappa shape index (κ2) is 9.92. The number of rotatable bonds is 8. The Balaban J connectivity index is 1.26. The van der Waals surface area contributed by atoms with E-state index in [-0.39, 0.29) is 29.3 Å². The van der Waals surface area contributed by atoms with Crippen molar-refractivity contribution in [2.24, 2.45) is 0 Å². The van der Waals surface area contributed by atoms with Gasteiger partial charge in [-0.2, -0.15) is 0 Å². The van der Waals surface area contributed by atoms with E-state index in [1.807, 2.05) is 32.0 Å². The number of amides is 1. The van der Waals surface area contributed by atoms with E-state index in [0.29, 0.717) is 16.7 Å². The minimum Gasteiger partial charge on any atom is -0.484 e. The number of hydrogen-bond donors (Lipinski definition) is 1. The van der Waals surface area contributed by atoms with Crippen LogP contribution < -0.4 is 10.1 Å². The van der Waals surface area contributed by atoms with Crippen molar-refractivity contribution in [2.45, 2.75) is 25.7 Å². The Morgan fingerprint density at radius 3 is 2.81 bits per heavy atom. The molecule has 2 heterocycles. The standard InChI is InChI=1S/C22H19FN4O3S2/c1-13-3-4-14(2)18(9-13)29-10-20-26-27-22(30-20)32-12-19(28)25-21-24-17(11-31-21)15-5-7-16(23)8-6-15/h3-9,11H,10,12H2,1-2H3,(H,24,25,28). The number of thioether (sulfide) groups is 1. The molecule has 0 unspecified atom stereocenters. The van der Waals surface area contributed by atoms with Gasteiger partial charge in [0.1, 0.15) is 11.6 Å². The van der Waals surface area contributed by atoms with Crippen molar-refractivity contribution >= 4 is 34.1 Å². The van der Waals surface area contributed by atoms with Gasteiger partial charge in [-0.25, -0.2) is 9.37 Å². The minimum atomic E-state index is -0.310. The fourth-order valence-corrected chi connectivity index (χ4v) is 4.04. The molecule has 32 heavy (non-hydrogen) atoms. The van der Waals surface area contributed by atoms with E-state index in [1.165, 1.54) is 23.5 Å². The van der Waals surface area contributed by atoms with Crippen LogP contribution in [0.5, 0.6) is 5.75 Å². The molecule has 164 valence electrons. The summed E-state index contributed by atoms with van der Waals surface area (Å²) in [5.74, 6) is 0.625. The third-order valence-corrected chi connectivity index (χ3v) is 5.94. The lowest BCUT2D eigenvalue weighted by Gasteiger charge is -2.07. The Labute approximate surface area is 192 Å². The van der Waals surface area contributed by atoms with Gasteiger partial charge in [-0.3, -0.25) is 4.79 Å². The Morgan fingerprint density at radius 2 is 2.00 bits per heavy atom. The summed E-state index contributed by atoms with van der Waals surface area (Å²) in [5.41, 5.74) is 3.57. The van der Waals surface area contributed by atoms with E-state index in [0.717, 1.165) is 34.2 Å². The summed E-state index contributed by atoms with van der Waals surface area (Å²) in [6.45, 7) is 4.11. The van der Waals surface area contributed by atoms with E-state index in [1.54, 1.807) is 17.5 Å². The maximum atomic E-state index is 13.1. The number of aromatic nitrogens is 3. The highest BCUT2D eigenvalue weighted by Gasteiger charge is 2.13. The van der Waals surface area contributed by atoms with Crippen LogP contribution in [0.25, 0.3) is 11.3 Å². The first-order valence-electron chi connectivity index (χ1n) is 9.63. The number of nitrogens with zero attached hydrogens (tertiary/aromatic N) is 3. The predicted molar refractivity (Wildman–Crippen MR) is 121 cm³/mol. The number of anilines is 1. The lowest BCUT2D eigenvalue weighted by atomic mass is 10.1. The quantitative estimate of drug-likeness (QED) is 0.351. The third kappa shape index (κ3) is 5.71. The first-order chi connectivity index (χ1) is 15.5. The molecule has 0 radical (unpaired) electrons. The molecule has 0 saturated carbocycles. The molecule has 0 spiro atoms. The first kappa shape index (κ1) is 22.0. The Kier molecular flexibility index (Phi) is 6.81. The zero-order valence-corrected chi connectivity index (χ0v) is 18.9. The summed E-state index contributed by atoms with van der Waals surface area (Å²) in [5, 5.41) is 13.2. The van der Waals surface area contributed by atoms with Crippen LogP contribution in [0.1, 0.15) is 17.0 Å². The third-order valence-electron chi connectivity index (χ3n) is 4.36. The van der Waals surface area contributed by atoms with Crippen molar-refractivity contribution in [1.29, 1.82) is 0 Å². The number of hydrogen-bond acceptors (Lipinski definition) is 8. The van der Waals surface area contributed by atoms with Crippen molar-refractivity contribution in [3.8, 4) is 17.0 Å². The molecule has 2 aromatic carbocycles. The van der Waals surface area contributed by atoms with Crippen molar-refractivity contribution in [3.63, 3.8) is 0 Å². The normalized spacial score (nSPS) is 10.8. The van der Waals surface area contributed by atoms with Gasteiger partial charge in [0.25, 0.3) is 11.1 Å². The van der Waals surface area contributed by atoms with Crippen LogP contribution in [-0.4, -0.2) is 26.8 Å². The highest BCUT2D eigenvalue weighted by Crippen LogP contribution is 2.26. The van der Waals surface area contributed by atoms with Gasteiger partial charge >= 0.3 is 0 Å². The van der Waals surface area contributed by atoms with Crippen molar-refractivity contribution < 1.29 is 18.3 Å². The maximum absolute atomic E-state index is 13.1. The van der Waals surface area contributed by atoms with Crippen LogP contribution in [0, 0.1) is 19.7 Å². The fraction of sp³-hybridized carbons (Fsp3) is 0.182. The minimum absolute atomic E-state index is 0.0882. The molecule has 0 atom stereocenters. The SMILES string of the molecule is Cc1ccc(C)c(OCc2nnc(SCC(=O)Nc3nc(-c4ccc(F)cc4)cs3)o2)c1. The highest BCUT2D eigenvalue weighted by atomic mass is 32.2. The molecule has 1 amide bonds. The molecule has 10 heteroatoms. The summed E-state index contributed by atoms with van der Waals surface area (Å²) < 4.78 is 24.4. The molecular weight excluding hydrogens is 451 g/mol. The smallest absolute Gasteiger partial charge is 0.277 e. The van der Waals surface area contributed by atoms with Crippen molar-refractivity contribution in [2.75, 3.05) is 11.1 Å². The van der Waals surface area contributed by atoms with Crippen LogP contribution in [0.3, 0.4) is 0 Å². The molecule has 1 N–H and O–H groups in total.